The Morgan fingerprint density at radius 3 is 2.33 bits per heavy atom. The van der Waals surface area contributed by atoms with Crippen LogP contribution in [0.25, 0.3) is 0 Å². The Morgan fingerprint density at radius 1 is 1.33 bits per heavy atom. The molecule has 1 atom stereocenters. The maximum atomic E-state index is 11.9. The molecule has 0 aromatic rings. The second kappa shape index (κ2) is 5.69. The van der Waals surface area contributed by atoms with E-state index in [0.29, 0.717) is 6.54 Å². The highest BCUT2D eigenvalue weighted by Gasteiger charge is 2.37. The highest BCUT2D eigenvalue weighted by atomic mass is 16.2. The average molecular weight is 255 g/mol. The van der Waals surface area contributed by atoms with Crippen LogP contribution in [0.2, 0.25) is 0 Å². The third-order valence-corrected chi connectivity index (χ3v) is 3.28. The number of hydrogen-bond acceptors (Lipinski definition) is 3. The van der Waals surface area contributed by atoms with Gasteiger partial charge in [-0.3, -0.25) is 9.69 Å². The standard InChI is InChI=1S/C13H25N3O2/c1-6-7-14-10(13(2,3)4)8-16-11(17)9-15(5)12(16)18/h10,14H,6-9H2,1-5H3. The van der Waals surface area contributed by atoms with Gasteiger partial charge < -0.3 is 10.2 Å². The van der Waals surface area contributed by atoms with E-state index in [1.165, 1.54) is 9.80 Å². The van der Waals surface area contributed by atoms with Gasteiger partial charge >= 0.3 is 6.03 Å². The van der Waals surface area contributed by atoms with Crippen LogP contribution in [0.5, 0.6) is 0 Å². The minimum absolute atomic E-state index is 0.0108. The molecule has 1 saturated heterocycles. The Hall–Kier alpha value is -1.10. The van der Waals surface area contributed by atoms with Gasteiger partial charge in [0, 0.05) is 19.6 Å². The molecule has 3 amide bonds. The number of likely N-dealkylation sites (N-methyl/N-ethyl adjacent to an activating group) is 1. The molecule has 104 valence electrons. The van der Waals surface area contributed by atoms with E-state index in [2.05, 4.69) is 33.0 Å². The third kappa shape index (κ3) is 3.45. The highest BCUT2D eigenvalue weighted by molar-refractivity contribution is 6.01. The molecule has 0 aromatic carbocycles. The van der Waals surface area contributed by atoms with Gasteiger partial charge in [0.25, 0.3) is 0 Å². The van der Waals surface area contributed by atoms with Crippen LogP contribution in [0.4, 0.5) is 4.79 Å². The molecule has 5 heteroatoms. The number of hydrogen-bond donors (Lipinski definition) is 1. The first-order valence-electron chi connectivity index (χ1n) is 6.56. The number of amides is 3. The van der Waals surface area contributed by atoms with Crippen molar-refractivity contribution >= 4 is 11.9 Å². The Morgan fingerprint density at radius 2 is 1.94 bits per heavy atom. The number of urea groups is 1. The molecule has 0 radical (unpaired) electrons. The summed E-state index contributed by atoms with van der Waals surface area (Å²) < 4.78 is 0. The number of rotatable bonds is 5. The molecule has 1 unspecified atom stereocenters. The van der Waals surface area contributed by atoms with Crippen LogP contribution in [0.15, 0.2) is 0 Å². The number of nitrogens with zero attached hydrogens (tertiary/aromatic N) is 2. The molecule has 0 aromatic heterocycles. The summed E-state index contributed by atoms with van der Waals surface area (Å²) in [6, 6.07) is -0.0654. The van der Waals surface area contributed by atoms with Gasteiger partial charge in [0.2, 0.25) is 5.91 Å². The van der Waals surface area contributed by atoms with Crippen molar-refractivity contribution in [2.45, 2.75) is 40.2 Å². The molecule has 18 heavy (non-hydrogen) atoms. The van der Waals surface area contributed by atoms with Gasteiger partial charge in [-0.25, -0.2) is 4.79 Å². The number of carbonyl (C=O) groups is 2. The Labute approximate surface area is 110 Å². The summed E-state index contributed by atoms with van der Waals surface area (Å²) in [4.78, 5) is 26.4. The lowest BCUT2D eigenvalue weighted by Crippen LogP contribution is -2.50. The number of nitrogens with one attached hydrogen (secondary N) is 1. The SMILES string of the molecule is CCCNC(CN1C(=O)CN(C)C1=O)C(C)(C)C. The lowest BCUT2D eigenvalue weighted by atomic mass is 9.86. The van der Waals surface area contributed by atoms with Crippen LogP contribution in [-0.4, -0.2) is 54.5 Å². The van der Waals surface area contributed by atoms with Gasteiger partial charge in [0.05, 0.1) is 0 Å². The average Bonchev–Trinajstić information content (AvgIpc) is 2.48. The van der Waals surface area contributed by atoms with Crippen LogP contribution in [0, 0.1) is 5.41 Å². The van der Waals surface area contributed by atoms with Crippen molar-refractivity contribution in [1.82, 2.24) is 15.1 Å². The largest absolute Gasteiger partial charge is 0.327 e. The van der Waals surface area contributed by atoms with E-state index in [4.69, 9.17) is 0 Å². The Bertz CT molecular complexity index is 323. The predicted octanol–water partition coefficient (Wildman–Crippen LogP) is 1.29. The summed E-state index contributed by atoms with van der Waals surface area (Å²) in [6.07, 6.45) is 1.04. The maximum absolute atomic E-state index is 11.9. The van der Waals surface area contributed by atoms with Crippen molar-refractivity contribution in [2.24, 2.45) is 5.41 Å². The first-order chi connectivity index (χ1) is 8.27. The molecule has 1 aliphatic heterocycles. The van der Waals surface area contributed by atoms with Crippen LogP contribution >= 0.6 is 0 Å². The lowest BCUT2D eigenvalue weighted by Gasteiger charge is -2.34. The molecular formula is C13H25N3O2. The van der Waals surface area contributed by atoms with E-state index in [-0.39, 0.29) is 29.9 Å². The lowest BCUT2D eigenvalue weighted by molar-refractivity contribution is -0.125. The minimum Gasteiger partial charge on any atom is -0.318 e. The fraction of sp³-hybridized carbons (Fsp3) is 0.846. The minimum atomic E-state index is -0.187. The summed E-state index contributed by atoms with van der Waals surface area (Å²) in [6.45, 7) is 10.0. The fourth-order valence-electron chi connectivity index (χ4n) is 1.99. The van der Waals surface area contributed by atoms with E-state index in [9.17, 15) is 9.59 Å². The zero-order chi connectivity index (χ0) is 13.9. The monoisotopic (exact) mass is 255 g/mol. The van der Waals surface area contributed by atoms with E-state index in [1.54, 1.807) is 7.05 Å². The Kier molecular flexibility index (Phi) is 4.73. The van der Waals surface area contributed by atoms with E-state index in [0.717, 1.165) is 13.0 Å². The topological polar surface area (TPSA) is 52.7 Å². The first-order valence-corrected chi connectivity index (χ1v) is 6.56. The van der Waals surface area contributed by atoms with Gasteiger partial charge in [-0.05, 0) is 18.4 Å². The second-order valence-electron chi connectivity index (χ2n) is 6.02. The highest BCUT2D eigenvalue weighted by Crippen LogP contribution is 2.22. The molecule has 1 N–H and O–H groups in total. The predicted molar refractivity (Wildman–Crippen MR) is 71.3 cm³/mol. The smallest absolute Gasteiger partial charge is 0.318 e. The normalized spacial score (nSPS) is 18.7. The van der Waals surface area contributed by atoms with Gasteiger partial charge in [-0.2, -0.15) is 0 Å². The summed E-state index contributed by atoms with van der Waals surface area (Å²) in [5.41, 5.74) is 0.0108. The Balaban J connectivity index is 2.71. The molecule has 1 aliphatic rings. The number of imide groups is 1. The summed E-state index contributed by atoms with van der Waals surface area (Å²) >= 11 is 0. The molecular weight excluding hydrogens is 230 g/mol. The second-order valence-corrected chi connectivity index (χ2v) is 6.02. The molecule has 5 nitrogen and oxygen atoms in total. The van der Waals surface area contributed by atoms with Gasteiger partial charge in [0.15, 0.2) is 0 Å². The van der Waals surface area contributed by atoms with E-state index in [1.807, 2.05) is 0 Å². The summed E-state index contributed by atoms with van der Waals surface area (Å²) in [5, 5.41) is 3.43. The quantitative estimate of drug-likeness (QED) is 0.753. The van der Waals surface area contributed by atoms with Crippen LogP contribution in [-0.2, 0) is 4.79 Å². The zero-order valence-electron chi connectivity index (χ0n) is 12.1. The number of carbonyl (C=O) groups excluding carboxylic acids is 2. The van der Waals surface area contributed by atoms with Crippen molar-refractivity contribution in [3.05, 3.63) is 0 Å². The maximum Gasteiger partial charge on any atom is 0.327 e. The van der Waals surface area contributed by atoms with Crippen molar-refractivity contribution in [2.75, 3.05) is 26.7 Å². The van der Waals surface area contributed by atoms with E-state index >= 15 is 0 Å². The van der Waals surface area contributed by atoms with Crippen LogP contribution in [0.1, 0.15) is 34.1 Å². The van der Waals surface area contributed by atoms with Gasteiger partial charge in [0.1, 0.15) is 6.54 Å². The van der Waals surface area contributed by atoms with Crippen LogP contribution < -0.4 is 5.32 Å². The summed E-state index contributed by atoms with van der Waals surface area (Å²) in [5.74, 6) is -0.102. The molecule has 1 heterocycles. The molecule has 1 rings (SSSR count). The van der Waals surface area contributed by atoms with Crippen molar-refractivity contribution < 1.29 is 9.59 Å². The molecule has 0 bridgehead atoms. The molecule has 0 aliphatic carbocycles. The summed E-state index contributed by atoms with van der Waals surface area (Å²) in [7, 11) is 1.66. The first kappa shape index (κ1) is 15.0. The van der Waals surface area contributed by atoms with Crippen molar-refractivity contribution in [3.63, 3.8) is 0 Å². The van der Waals surface area contributed by atoms with Crippen molar-refractivity contribution in [3.8, 4) is 0 Å². The van der Waals surface area contributed by atoms with Gasteiger partial charge in [-0.1, -0.05) is 27.7 Å². The van der Waals surface area contributed by atoms with E-state index < -0.39 is 0 Å². The van der Waals surface area contributed by atoms with Crippen molar-refractivity contribution in [1.29, 1.82) is 0 Å². The molecule has 1 fully saturated rings. The fourth-order valence-corrected chi connectivity index (χ4v) is 1.99. The molecule has 0 spiro atoms. The van der Waals surface area contributed by atoms with Gasteiger partial charge in [-0.15, -0.1) is 0 Å². The zero-order valence-corrected chi connectivity index (χ0v) is 12.1. The molecule has 0 saturated carbocycles. The third-order valence-electron chi connectivity index (χ3n) is 3.28. The van der Waals surface area contributed by atoms with Crippen LogP contribution in [0.3, 0.4) is 0 Å².